The number of nitrogens with one attached hydrogen (secondary N) is 1. The standard InChI is InChI=1S/C11H20N2O6/c1-2-3-10(17)19-6-7(5-14)13-11(18)8(12)4-9(15)16/h7-8,14H,2-6,12H2,1H3,(H,13,18)(H,15,16). The fraction of sp³-hybridized carbons (Fsp3) is 0.727. The monoisotopic (exact) mass is 276 g/mol. The van der Waals surface area contributed by atoms with Gasteiger partial charge in [0.15, 0.2) is 0 Å². The Morgan fingerprint density at radius 3 is 2.47 bits per heavy atom. The summed E-state index contributed by atoms with van der Waals surface area (Å²) in [4.78, 5) is 33.0. The molecule has 0 aromatic rings. The number of hydrogen-bond donors (Lipinski definition) is 4. The van der Waals surface area contributed by atoms with E-state index in [-0.39, 0.29) is 13.0 Å². The second kappa shape index (κ2) is 9.29. The van der Waals surface area contributed by atoms with Gasteiger partial charge in [0, 0.05) is 6.42 Å². The summed E-state index contributed by atoms with van der Waals surface area (Å²) in [6, 6.07) is -2.01. The molecule has 2 unspecified atom stereocenters. The summed E-state index contributed by atoms with van der Waals surface area (Å²) in [6.45, 7) is 1.20. The van der Waals surface area contributed by atoms with Gasteiger partial charge in [-0.05, 0) is 6.42 Å². The van der Waals surface area contributed by atoms with Gasteiger partial charge in [0.2, 0.25) is 5.91 Å². The Balaban J connectivity index is 4.13. The number of amides is 1. The summed E-state index contributed by atoms with van der Waals surface area (Å²) in [5, 5.41) is 19.8. The van der Waals surface area contributed by atoms with Gasteiger partial charge in [-0.2, -0.15) is 0 Å². The molecule has 8 nitrogen and oxygen atoms in total. The number of hydrogen-bond acceptors (Lipinski definition) is 6. The fourth-order valence-corrected chi connectivity index (χ4v) is 1.20. The Morgan fingerprint density at radius 1 is 1.37 bits per heavy atom. The van der Waals surface area contributed by atoms with E-state index in [2.05, 4.69) is 5.32 Å². The van der Waals surface area contributed by atoms with E-state index in [4.69, 9.17) is 20.7 Å². The van der Waals surface area contributed by atoms with Crippen molar-refractivity contribution in [2.24, 2.45) is 5.73 Å². The highest BCUT2D eigenvalue weighted by molar-refractivity contribution is 5.86. The molecule has 8 heteroatoms. The minimum atomic E-state index is -1.21. The van der Waals surface area contributed by atoms with Crippen molar-refractivity contribution in [2.45, 2.75) is 38.3 Å². The summed E-state index contributed by atoms with van der Waals surface area (Å²) >= 11 is 0. The Morgan fingerprint density at radius 2 is 2.00 bits per heavy atom. The lowest BCUT2D eigenvalue weighted by molar-refractivity contribution is -0.145. The first-order chi connectivity index (χ1) is 8.90. The van der Waals surface area contributed by atoms with E-state index < -0.39 is 43.0 Å². The molecule has 0 radical (unpaired) electrons. The van der Waals surface area contributed by atoms with Crippen molar-refractivity contribution in [3.8, 4) is 0 Å². The van der Waals surface area contributed by atoms with Gasteiger partial charge in [-0.25, -0.2) is 0 Å². The van der Waals surface area contributed by atoms with Gasteiger partial charge in [0.05, 0.1) is 25.1 Å². The molecule has 1 amide bonds. The fourth-order valence-electron chi connectivity index (χ4n) is 1.20. The van der Waals surface area contributed by atoms with Gasteiger partial charge >= 0.3 is 11.9 Å². The van der Waals surface area contributed by atoms with E-state index in [1.165, 1.54) is 0 Å². The van der Waals surface area contributed by atoms with Crippen molar-refractivity contribution in [3.63, 3.8) is 0 Å². The maximum Gasteiger partial charge on any atom is 0.305 e. The molecular formula is C11H20N2O6. The van der Waals surface area contributed by atoms with Crippen LogP contribution in [0, 0.1) is 0 Å². The van der Waals surface area contributed by atoms with E-state index in [1.54, 1.807) is 0 Å². The minimum absolute atomic E-state index is 0.180. The number of esters is 1. The maximum absolute atomic E-state index is 11.5. The Hall–Kier alpha value is -1.67. The number of ether oxygens (including phenoxy) is 1. The van der Waals surface area contributed by atoms with E-state index >= 15 is 0 Å². The number of aliphatic hydroxyl groups is 1. The van der Waals surface area contributed by atoms with Crippen LogP contribution in [0.25, 0.3) is 0 Å². The van der Waals surface area contributed by atoms with Crippen molar-refractivity contribution < 1.29 is 29.3 Å². The molecule has 0 aliphatic heterocycles. The van der Waals surface area contributed by atoms with Gasteiger partial charge < -0.3 is 26.0 Å². The zero-order chi connectivity index (χ0) is 14.8. The number of carbonyl (C=O) groups excluding carboxylic acids is 2. The lowest BCUT2D eigenvalue weighted by atomic mass is 10.2. The van der Waals surface area contributed by atoms with Crippen molar-refractivity contribution in [1.29, 1.82) is 0 Å². The molecule has 0 rings (SSSR count). The number of aliphatic hydroxyl groups excluding tert-OH is 1. The van der Waals surface area contributed by atoms with Gasteiger partial charge in [-0.15, -0.1) is 0 Å². The number of aliphatic carboxylic acids is 1. The van der Waals surface area contributed by atoms with Crippen LogP contribution in [0.1, 0.15) is 26.2 Å². The second-order valence-electron chi connectivity index (χ2n) is 4.03. The first kappa shape index (κ1) is 17.3. The van der Waals surface area contributed by atoms with Crippen LogP contribution >= 0.6 is 0 Å². The molecule has 0 aromatic carbocycles. The zero-order valence-corrected chi connectivity index (χ0v) is 10.8. The van der Waals surface area contributed by atoms with E-state index in [9.17, 15) is 14.4 Å². The molecule has 0 spiro atoms. The molecular weight excluding hydrogens is 256 g/mol. The molecule has 0 saturated heterocycles. The van der Waals surface area contributed by atoms with Crippen LogP contribution in [0.2, 0.25) is 0 Å². The van der Waals surface area contributed by atoms with Gasteiger partial charge in [0.25, 0.3) is 0 Å². The minimum Gasteiger partial charge on any atom is -0.481 e. The largest absolute Gasteiger partial charge is 0.481 e. The average molecular weight is 276 g/mol. The molecule has 0 aliphatic carbocycles. The van der Waals surface area contributed by atoms with E-state index in [0.29, 0.717) is 6.42 Å². The van der Waals surface area contributed by atoms with Crippen LogP contribution in [0.3, 0.4) is 0 Å². The quantitative estimate of drug-likeness (QED) is 0.380. The lowest BCUT2D eigenvalue weighted by Gasteiger charge is -2.18. The third-order valence-electron chi connectivity index (χ3n) is 2.20. The maximum atomic E-state index is 11.5. The number of nitrogens with two attached hydrogens (primary N) is 1. The summed E-state index contributed by atoms with van der Waals surface area (Å²) in [7, 11) is 0. The first-order valence-electron chi connectivity index (χ1n) is 5.94. The Kier molecular flexibility index (Phi) is 8.47. The predicted octanol–water partition coefficient (Wildman–Crippen LogP) is -1.39. The van der Waals surface area contributed by atoms with Gasteiger partial charge in [0.1, 0.15) is 6.61 Å². The molecule has 5 N–H and O–H groups in total. The molecule has 0 fully saturated rings. The summed E-state index contributed by atoms with van der Waals surface area (Å²) in [5.74, 6) is -2.34. The SMILES string of the molecule is CCCC(=O)OCC(CO)NC(=O)C(N)CC(=O)O. The van der Waals surface area contributed by atoms with Gasteiger partial charge in [-0.3, -0.25) is 14.4 Å². The highest BCUT2D eigenvalue weighted by Gasteiger charge is 2.20. The number of carbonyl (C=O) groups is 3. The Bertz CT molecular complexity index is 320. The third kappa shape index (κ3) is 8.11. The van der Waals surface area contributed by atoms with Crippen LogP contribution in [0.4, 0.5) is 0 Å². The average Bonchev–Trinajstić information content (AvgIpc) is 2.33. The first-order valence-corrected chi connectivity index (χ1v) is 5.94. The number of rotatable bonds is 9. The van der Waals surface area contributed by atoms with Crippen LogP contribution in [0.5, 0.6) is 0 Å². The molecule has 0 aliphatic rings. The van der Waals surface area contributed by atoms with Crippen molar-refractivity contribution in [3.05, 3.63) is 0 Å². The van der Waals surface area contributed by atoms with Crippen LogP contribution in [-0.4, -0.2) is 53.4 Å². The molecule has 0 bridgehead atoms. The van der Waals surface area contributed by atoms with Crippen molar-refractivity contribution in [1.82, 2.24) is 5.32 Å². The summed E-state index contributed by atoms with van der Waals surface area (Å²) < 4.78 is 4.83. The molecule has 19 heavy (non-hydrogen) atoms. The normalized spacial score (nSPS) is 13.4. The van der Waals surface area contributed by atoms with Gasteiger partial charge in [-0.1, -0.05) is 6.92 Å². The highest BCUT2D eigenvalue weighted by atomic mass is 16.5. The second-order valence-corrected chi connectivity index (χ2v) is 4.03. The molecule has 0 aromatic heterocycles. The lowest BCUT2D eigenvalue weighted by Crippen LogP contribution is -2.49. The molecule has 2 atom stereocenters. The summed E-state index contributed by atoms with van der Waals surface area (Å²) in [5.41, 5.74) is 5.34. The van der Waals surface area contributed by atoms with Crippen LogP contribution in [0.15, 0.2) is 0 Å². The van der Waals surface area contributed by atoms with Crippen LogP contribution in [-0.2, 0) is 19.1 Å². The highest BCUT2D eigenvalue weighted by Crippen LogP contribution is 1.95. The third-order valence-corrected chi connectivity index (χ3v) is 2.20. The van der Waals surface area contributed by atoms with Crippen molar-refractivity contribution in [2.75, 3.05) is 13.2 Å². The van der Waals surface area contributed by atoms with E-state index in [0.717, 1.165) is 0 Å². The molecule has 0 saturated carbocycles. The topological polar surface area (TPSA) is 139 Å². The van der Waals surface area contributed by atoms with Crippen molar-refractivity contribution >= 4 is 17.8 Å². The molecule has 110 valence electrons. The van der Waals surface area contributed by atoms with E-state index in [1.807, 2.05) is 6.92 Å². The predicted molar refractivity (Wildman–Crippen MR) is 65.1 cm³/mol. The summed E-state index contributed by atoms with van der Waals surface area (Å²) in [6.07, 6.45) is 0.378. The van der Waals surface area contributed by atoms with Crippen LogP contribution < -0.4 is 11.1 Å². The zero-order valence-electron chi connectivity index (χ0n) is 10.8. The number of carboxylic acid groups (broad SMARTS) is 1. The Labute approximate surface area is 110 Å². The smallest absolute Gasteiger partial charge is 0.305 e. The molecule has 0 heterocycles. The number of carboxylic acids is 1.